The highest BCUT2D eigenvalue weighted by molar-refractivity contribution is 5.89. The van der Waals surface area contributed by atoms with E-state index in [1.807, 2.05) is 38.4 Å². The van der Waals surface area contributed by atoms with E-state index in [2.05, 4.69) is 34.7 Å². The molecule has 0 bridgehead atoms. The molecule has 5 nitrogen and oxygen atoms in total. The Hall–Kier alpha value is -1.59. The minimum Gasteiger partial charge on any atom is -0.338 e. The molecule has 0 saturated heterocycles. The molecule has 1 rings (SSSR count). The van der Waals surface area contributed by atoms with E-state index in [-0.39, 0.29) is 6.03 Å². The van der Waals surface area contributed by atoms with Crippen LogP contribution in [0.2, 0.25) is 0 Å². The number of rotatable bonds is 8. The number of urea groups is 1. The zero-order chi connectivity index (χ0) is 15.7. The first kappa shape index (κ1) is 17.5. The zero-order valence-electron chi connectivity index (χ0n) is 13.6. The average Bonchev–Trinajstić information content (AvgIpc) is 2.44. The van der Waals surface area contributed by atoms with Crippen molar-refractivity contribution in [1.82, 2.24) is 15.5 Å². The van der Waals surface area contributed by atoms with Gasteiger partial charge in [-0.25, -0.2) is 4.79 Å². The third-order valence-electron chi connectivity index (χ3n) is 3.25. The van der Waals surface area contributed by atoms with Crippen LogP contribution in [0.4, 0.5) is 10.5 Å². The molecule has 0 aliphatic rings. The van der Waals surface area contributed by atoms with Gasteiger partial charge >= 0.3 is 6.03 Å². The summed E-state index contributed by atoms with van der Waals surface area (Å²) in [6, 6.07) is 8.11. The lowest BCUT2D eigenvalue weighted by Crippen LogP contribution is -2.31. The predicted molar refractivity (Wildman–Crippen MR) is 88.7 cm³/mol. The molecule has 3 N–H and O–H groups in total. The van der Waals surface area contributed by atoms with Crippen LogP contribution in [0.5, 0.6) is 0 Å². The van der Waals surface area contributed by atoms with Gasteiger partial charge in [0.05, 0.1) is 0 Å². The second-order valence-electron chi connectivity index (χ2n) is 5.44. The highest BCUT2D eigenvalue weighted by Crippen LogP contribution is 2.15. The van der Waals surface area contributed by atoms with E-state index >= 15 is 0 Å². The van der Waals surface area contributed by atoms with E-state index in [1.165, 1.54) is 5.56 Å². The van der Waals surface area contributed by atoms with Gasteiger partial charge in [0.2, 0.25) is 0 Å². The lowest BCUT2D eigenvalue weighted by molar-refractivity contribution is 0.251. The molecule has 0 aliphatic heterocycles. The Morgan fingerprint density at radius 3 is 2.48 bits per heavy atom. The van der Waals surface area contributed by atoms with E-state index in [0.29, 0.717) is 12.6 Å². The van der Waals surface area contributed by atoms with Gasteiger partial charge < -0.3 is 20.9 Å². The number of hydrogen-bond donors (Lipinski definition) is 3. The van der Waals surface area contributed by atoms with Crippen LogP contribution in [0.25, 0.3) is 0 Å². The van der Waals surface area contributed by atoms with Crippen molar-refractivity contribution in [3.8, 4) is 0 Å². The summed E-state index contributed by atoms with van der Waals surface area (Å²) in [7, 11) is 4.05. The molecule has 0 heterocycles. The highest BCUT2D eigenvalue weighted by Gasteiger charge is 2.05. The maximum atomic E-state index is 11.7. The molecule has 0 radical (unpaired) electrons. The Morgan fingerprint density at radius 2 is 1.90 bits per heavy atom. The van der Waals surface area contributed by atoms with E-state index in [0.717, 1.165) is 25.2 Å². The first-order valence-corrected chi connectivity index (χ1v) is 7.56. The van der Waals surface area contributed by atoms with Gasteiger partial charge in [0.1, 0.15) is 0 Å². The minimum absolute atomic E-state index is 0.152. The summed E-state index contributed by atoms with van der Waals surface area (Å²) in [6.45, 7) is 6.81. The number of carbonyl (C=O) groups is 1. The maximum absolute atomic E-state index is 11.7. The summed E-state index contributed by atoms with van der Waals surface area (Å²) >= 11 is 0. The second kappa shape index (κ2) is 9.37. The van der Waals surface area contributed by atoms with Crippen molar-refractivity contribution >= 4 is 11.7 Å². The topological polar surface area (TPSA) is 56.4 Å². The zero-order valence-corrected chi connectivity index (χ0v) is 13.6. The lowest BCUT2D eigenvalue weighted by atomic mass is 10.1. The van der Waals surface area contributed by atoms with Crippen LogP contribution in [0.3, 0.4) is 0 Å². The van der Waals surface area contributed by atoms with Crippen LogP contribution < -0.4 is 16.0 Å². The van der Waals surface area contributed by atoms with E-state index in [1.54, 1.807) is 0 Å². The first-order valence-electron chi connectivity index (χ1n) is 7.56. The summed E-state index contributed by atoms with van der Waals surface area (Å²) in [5, 5.41) is 9.06. The number of amides is 2. The van der Waals surface area contributed by atoms with Crippen LogP contribution in [0.15, 0.2) is 24.3 Å². The molecule has 1 unspecified atom stereocenters. The predicted octanol–water partition coefficient (Wildman–Crippen LogP) is 2.43. The molecule has 0 aliphatic carbocycles. The number of anilines is 1. The standard InChI is InChI=1S/C16H28N4O/c1-5-17-13(2)14-7-9-15(10-8-14)19-16(21)18-11-6-12-20(3)4/h7-10,13,17H,5-6,11-12H2,1-4H3,(H2,18,19,21). The average molecular weight is 292 g/mol. The fourth-order valence-electron chi connectivity index (χ4n) is 2.05. The van der Waals surface area contributed by atoms with Gasteiger partial charge in [-0.1, -0.05) is 19.1 Å². The van der Waals surface area contributed by atoms with Gasteiger partial charge in [0.15, 0.2) is 0 Å². The Morgan fingerprint density at radius 1 is 1.24 bits per heavy atom. The molecular weight excluding hydrogens is 264 g/mol. The molecule has 1 atom stereocenters. The second-order valence-corrected chi connectivity index (χ2v) is 5.44. The number of nitrogens with one attached hydrogen (secondary N) is 3. The number of nitrogens with zero attached hydrogens (tertiary/aromatic N) is 1. The SMILES string of the molecule is CCNC(C)c1ccc(NC(=O)NCCCN(C)C)cc1. The number of benzene rings is 1. The molecule has 0 fully saturated rings. The van der Waals surface area contributed by atoms with Gasteiger partial charge in [-0.3, -0.25) is 0 Å². The van der Waals surface area contributed by atoms with Gasteiger partial charge in [-0.05, 0) is 58.2 Å². The van der Waals surface area contributed by atoms with Crippen molar-refractivity contribution in [2.24, 2.45) is 0 Å². The molecule has 118 valence electrons. The highest BCUT2D eigenvalue weighted by atomic mass is 16.2. The molecule has 0 saturated carbocycles. The van der Waals surface area contributed by atoms with Gasteiger partial charge in [-0.2, -0.15) is 0 Å². The summed E-state index contributed by atoms with van der Waals surface area (Å²) in [6.07, 6.45) is 0.944. The smallest absolute Gasteiger partial charge is 0.319 e. The minimum atomic E-state index is -0.152. The maximum Gasteiger partial charge on any atom is 0.319 e. The molecule has 21 heavy (non-hydrogen) atoms. The Bertz CT molecular complexity index is 417. The summed E-state index contributed by atoms with van der Waals surface area (Å²) < 4.78 is 0. The van der Waals surface area contributed by atoms with Gasteiger partial charge in [0.25, 0.3) is 0 Å². The van der Waals surface area contributed by atoms with Gasteiger partial charge in [-0.15, -0.1) is 0 Å². The van der Waals surface area contributed by atoms with Crippen LogP contribution in [-0.2, 0) is 0 Å². The summed E-state index contributed by atoms with van der Waals surface area (Å²) in [5.41, 5.74) is 2.03. The van der Waals surface area contributed by atoms with Crippen LogP contribution >= 0.6 is 0 Å². The molecule has 0 aromatic heterocycles. The van der Waals surface area contributed by atoms with E-state index in [9.17, 15) is 4.79 Å². The quantitative estimate of drug-likeness (QED) is 0.645. The van der Waals surface area contributed by atoms with Crippen molar-refractivity contribution in [2.75, 3.05) is 39.0 Å². The molecule has 1 aromatic rings. The normalized spacial score (nSPS) is 12.2. The Balaban J connectivity index is 2.36. The fraction of sp³-hybridized carbons (Fsp3) is 0.562. The monoisotopic (exact) mass is 292 g/mol. The molecule has 0 spiro atoms. The lowest BCUT2D eigenvalue weighted by Gasteiger charge is -2.14. The van der Waals surface area contributed by atoms with Crippen molar-refractivity contribution in [3.05, 3.63) is 29.8 Å². The third kappa shape index (κ3) is 7.11. The van der Waals surface area contributed by atoms with Crippen LogP contribution in [-0.4, -0.2) is 44.7 Å². The van der Waals surface area contributed by atoms with E-state index < -0.39 is 0 Å². The number of hydrogen-bond acceptors (Lipinski definition) is 3. The molecular formula is C16H28N4O. The van der Waals surface area contributed by atoms with Gasteiger partial charge in [0, 0.05) is 18.3 Å². The van der Waals surface area contributed by atoms with Crippen LogP contribution in [0.1, 0.15) is 31.9 Å². The van der Waals surface area contributed by atoms with Crippen molar-refractivity contribution in [3.63, 3.8) is 0 Å². The largest absolute Gasteiger partial charge is 0.338 e. The fourth-order valence-corrected chi connectivity index (χ4v) is 2.05. The first-order chi connectivity index (χ1) is 10.0. The summed E-state index contributed by atoms with van der Waals surface area (Å²) in [4.78, 5) is 13.8. The molecule has 1 aromatic carbocycles. The number of carbonyl (C=O) groups excluding carboxylic acids is 1. The summed E-state index contributed by atoms with van der Waals surface area (Å²) in [5.74, 6) is 0. The molecule has 5 heteroatoms. The van der Waals surface area contributed by atoms with Crippen molar-refractivity contribution < 1.29 is 4.79 Å². The van der Waals surface area contributed by atoms with Crippen molar-refractivity contribution in [1.29, 1.82) is 0 Å². The Kier molecular flexibility index (Phi) is 7.79. The Labute approximate surface area is 128 Å². The van der Waals surface area contributed by atoms with Crippen LogP contribution in [0, 0.1) is 0 Å². The van der Waals surface area contributed by atoms with Crippen molar-refractivity contribution in [2.45, 2.75) is 26.3 Å². The third-order valence-corrected chi connectivity index (χ3v) is 3.25. The van der Waals surface area contributed by atoms with E-state index in [4.69, 9.17) is 0 Å². The molecule has 2 amide bonds.